The van der Waals surface area contributed by atoms with Crippen LogP contribution in [0.4, 0.5) is 0 Å². The first-order valence-electron chi connectivity index (χ1n) is 38.5. The van der Waals surface area contributed by atoms with Crippen molar-refractivity contribution in [3.05, 3.63) is 276 Å². The summed E-state index contributed by atoms with van der Waals surface area (Å²) in [7, 11) is 0. The number of nitrogens with zero attached hydrogens (tertiary/aromatic N) is 4. The van der Waals surface area contributed by atoms with Crippen molar-refractivity contribution in [3.63, 3.8) is 0 Å². The Morgan fingerprint density at radius 1 is 0.302 bits per heavy atom. The van der Waals surface area contributed by atoms with Crippen molar-refractivity contribution in [1.29, 1.82) is 0 Å². The summed E-state index contributed by atoms with van der Waals surface area (Å²) in [6.07, 6.45) is 1.43. The summed E-state index contributed by atoms with van der Waals surface area (Å²) in [5.41, 5.74) is 26.0. The fourth-order valence-corrected chi connectivity index (χ4v) is 19.2. The topological polar surface area (TPSA) is 88.0 Å². The molecule has 0 bridgehead atoms. The van der Waals surface area contributed by atoms with Gasteiger partial charge in [0.2, 0.25) is 0 Å². The second-order valence-corrected chi connectivity index (χ2v) is 36.4. The van der Waals surface area contributed by atoms with E-state index in [0.29, 0.717) is 78.0 Å². The predicted molar refractivity (Wildman–Crippen MR) is 451 cm³/mol. The van der Waals surface area contributed by atoms with Crippen molar-refractivity contribution in [2.24, 2.45) is 0 Å². The smallest absolute Gasteiger partial charge is 0.197 e. The van der Waals surface area contributed by atoms with E-state index in [1.807, 2.05) is 24.3 Å². The van der Waals surface area contributed by atoms with E-state index in [4.69, 9.17) is 0 Å². The number of aryl methyl sites for hydroxylation is 8. The van der Waals surface area contributed by atoms with Crippen molar-refractivity contribution in [2.75, 3.05) is 0 Å². The van der Waals surface area contributed by atoms with E-state index in [9.17, 15) is 0 Å². The lowest BCUT2D eigenvalue weighted by atomic mass is 9.64. The Morgan fingerprint density at radius 3 is 0.887 bits per heavy atom. The van der Waals surface area contributed by atoms with Gasteiger partial charge in [0.1, 0.15) is 0 Å². The van der Waals surface area contributed by atoms with Gasteiger partial charge in [-0.25, -0.2) is 0 Å². The lowest BCUT2D eigenvalue weighted by Crippen LogP contribution is -2.31. The molecule has 540 valence electrons. The standard InChI is InChI=1S/C98H104N4O4/c1-51(2)67-37-71-83(41-68(67)52(3)4)99(63-29-53(5)25-54(6)30-63)85-44-76-86(43-75(85)91(71)103)100(64-31-55(7)26-56(8)32-64)84-42-70-62(14)50-97(21,22)81-40-74-90(48-82(81)98(23,24)49-61(13)69(70)38-72(84)92(76)104)102(66-35-59(11)28-60(12)36-66)88-45-77-87(46-78(88)94(74)106)101(65-33-57(9)27-58(10)34-65)89-47-80(96(18,19)20)79(95(15,16)17)39-73(89)93(77)105/h25-48,51-52,61-62H,49-50H2,1-24H3. The molecule has 1 aliphatic carbocycles. The quantitative estimate of drug-likeness (QED) is 0.155. The second-order valence-electron chi connectivity index (χ2n) is 36.4. The Bertz CT molecular complexity index is 6380. The van der Waals surface area contributed by atoms with Crippen LogP contribution < -0.4 is 21.7 Å². The summed E-state index contributed by atoms with van der Waals surface area (Å²) in [5.74, 6) is 0.309. The maximum atomic E-state index is 16.5. The Hall–Kier alpha value is -9.92. The predicted octanol–water partition coefficient (Wildman–Crippen LogP) is 24.1. The van der Waals surface area contributed by atoms with Crippen LogP contribution in [0.2, 0.25) is 0 Å². The Morgan fingerprint density at radius 2 is 0.547 bits per heavy atom. The fraction of sp³-hybridized carbons (Fsp3) is 0.347. The summed E-state index contributed by atoms with van der Waals surface area (Å²) in [6, 6.07) is 52.4. The van der Waals surface area contributed by atoms with E-state index in [1.165, 1.54) is 22.3 Å². The van der Waals surface area contributed by atoms with Crippen molar-refractivity contribution < 1.29 is 0 Å². The average Bonchev–Trinajstić information content (AvgIpc) is 0.710. The first-order chi connectivity index (χ1) is 49.7. The lowest BCUT2D eigenvalue weighted by molar-refractivity contribution is 0.386. The summed E-state index contributed by atoms with van der Waals surface area (Å²) in [4.78, 5) is 64.7. The van der Waals surface area contributed by atoms with Crippen molar-refractivity contribution in [2.45, 2.75) is 224 Å². The van der Waals surface area contributed by atoms with Crippen molar-refractivity contribution in [3.8, 4) is 22.7 Å². The van der Waals surface area contributed by atoms with E-state index in [2.05, 4.69) is 306 Å². The molecule has 8 heteroatoms. The zero-order valence-corrected chi connectivity index (χ0v) is 67.0. The molecule has 0 aliphatic heterocycles. The molecule has 0 saturated carbocycles. The molecule has 0 spiro atoms. The molecule has 0 N–H and O–H groups in total. The summed E-state index contributed by atoms with van der Waals surface area (Å²) in [6.45, 7) is 53.4. The number of aromatic nitrogens is 4. The largest absolute Gasteiger partial charge is 0.309 e. The van der Waals surface area contributed by atoms with Gasteiger partial charge in [-0.15, -0.1) is 0 Å². The molecule has 10 aromatic carbocycles. The molecule has 2 unspecified atom stereocenters. The highest BCUT2D eigenvalue weighted by atomic mass is 16.1. The van der Waals surface area contributed by atoms with E-state index >= 15 is 19.2 Å². The third kappa shape index (κ3) is 11.7. The van der Waals surface area contributed by atoms with E-state index in [-0.39, 0.29) is 56.2 Å². The molecule has 0 fully saturated rings. The van der Waals surface area contributed by atoms with E-state index < -0.39 is 10.8 Å². The fourth-order valence-electron chi connectivity index (χ4n) is 19.2. The molecule has 106 heavy (non-hydrogen) atoms. The van der Waals surface area contributed by atoms with E-state index in [0.717, 1.165) is 112 Å². The van der Waals surface area contributed by atoms with Crippen LogP contribution in [-0.2, 0) is 21.7 Å². The van der Waals surface area contributed by atoms with Crippen LogP contribution in [0, 0.1) is 55.4 Å². The molecule has 2 atom stereocenters. The SMILES string of the molecule is Cc1cc(C)cc(-n2c3cc(C(C)C)c(C(C)C)cc3c(=O)c3cc4c(cc32)c(=O)c2cc3c(cc2n4-c2cc(C)cc(C)c2)C(C)CC(C)(C)c2cc4c(=O)c5cc6c(cc5n(-c5cc(C)cc(C)c5)c4cc2C(C)(C)CC3C)c(=O)c2cc(C(C)(C)C)c(C(C)(C)C)cc2n6-c2cc(C)cc(C)c2)c1. The number of hydrogen-bond donors (Lipinski definition) is 0. The minimum atomic E-state index is -0.513. The van der Waals surface area contributed by atoms with Gasteiger partial charge < -0.3 is 18.3 Å². The summed E-state index contributed by atoms with van der Waals surface area (Å²) in [5, 5.41) is 4.72. The normalized spacial score (nSPS) is 15.8. The molecule has 0 radical (unpaired) electrons. The van der Waals surface area contributed by atoms with Crippen LogP contribution >= 0.6 is 0 Å². The van der Waals surface area contributed by atoms with E-state index in [1.54, 1.807) is 0 Å². The van der Waals surface area contributed by atoms with Gasteiger partial charge in [0, 0.05) is 65.8 Å². The highest BCUT2D eigenvalue weighted by molar-refractivity contribution is 6.08. The molecule has 4 aromatic heterocycles. The number of hydrogen-bond acceptors (Lipinski definition) is 4. The van der Waals surface area contributed by atoms with Crippen molar-refractivity contribution in [1.82, 2.24) is 18.3 Å². The third-order valence-corrected chi connectivity index (χ3v) is 23.7. The van der Waals surface area contributed by atoms with Gasteiger partial charge in [-0.3, -0.25) is 19.2 Å². The zero-order chi connectivity index (χ0) is 76.1. The minimum absolute atomic E-state index is 0.0380. The van der Waals surface area contributed by atoms with Gasteiger partial charge in [0.25, 0.3) is 0 Å². The summed E-state index contributed by atoms with van der Waals surface area (Å²) < 4.78 is 9.05. The monoisotopic (exact) mass is 1400 g/mol. The first-order valence-corrected chi connectivity index (χ1v) is 38.5. The van der Waals surface area contributed by atoms with Crippen LogP contribution in [0.5, 0.6) is 0 Å². The maximum absolute atomic E-state index is 16.5. The van der Waals surface area contributed by atoms with Crippen LogP contribution in [0.25, 0.3) is 110 Å². The molecule has 15 rings (SSSR count). The van der Waals surface area contributed by atoms with Gasteiger partial charge >= 0.3 is 0 Å². The first kappa shape index (κ1) is 71.7. The third-order valence-electron chi connectivity index (χ3n) is 23.7. The maximum Gasteiger partial charge on any atom is 0.197 e. The molecule has 0 saturated heterocycles. The summed E-state index contributed by atoms with van der Waals surface area (Å²) >= 11 is 0. The second kappa shape index (κ2) is 24.8. The number of rotatable bonds is 6. The lowest BCUT2D eigenvalue weighted by Gasteiger charge is -2.40. The molecule has 14 aromatic rings. The zero-order valence-electron chi connectivity index (χ0n) is 67.0. The Kier molecular flexibility index (Phi) is 16.8. The van der Waals surface area contributed by atoms with Crippen LogP contribution in [0.15, 0.2) is 165 Å². The minimum Gasteiger partial charge on any atom is -0.309 e. The van der Waals surface area contributed by atoms with Crippen LogP contribution in [0.3, 0.4) is 0 Å². The molecular weight excluding hydrogens is 1300 g/mol. The highest BCUT2D eigenvalue weighted by Gasteiger charge is 2.39. The Labute approximate surface area is 624 Å². The number of benzene rings is 10. The Balaban J connectivity index is 1.01. The average molecular weight is 1400 g/mol. The number of fused-ring (bicyclic) bond motifs is 10. The molecule has 0 amide bonds. The van der Waals surface area contributed by atoms with Gasteiger partial charge in [-0.05, 0) is 324 Å². The number of pyridine rings is 4. The van der Waals surface area contributed by atoms with Gasteiger partial charge in [0.15, 0.2) is 21.7 Å². The van der Waals surface area contributed by atoms with Crippen LogP contribution in [-0.4, -0.2) is 18.3 Å². The van der Waals surface area contributed by atoms with Crippen molar-refractivity contribution >= 4 is 87.2 Å². The van der Waals surface area contributed by atoms with Gasteiger partial charge in [0.05, 0.1) is 44.1 Å². The molecule has 1 aliphatic rings. The highest BCUT2D eigenvalue weighted by Crippen LogP contribution is 2.50. The molecular formula is C98H104N4O4. The molecule has 4 heterocycles. The van der Waals surface area contributed by atoms with Gasteiger partial charge in [-0.2, -0.15) is 0 Å². The molecule has 8 nitrogen and oxygen atoms in total. The van der Waals surface area contributed by atoms with Gasteiger partial charge in [-0.1, -0.05) is 135 Å². The van der Waals surface area contributed by atoms with Crippen LogP contribution in [0.1, 0.15) is 236 Å².